The number of ether oxygens (including phenoxy) is 1. The maximum atomic E-state index is 15.1. The molecule has 7 heteroatoms. The van der Waals surface area contributed by atoms with Crippen molar-refractivity contribution in [3.63, 3.8) is 0 Å². The van der Waals surface area contributed by atoms with Crippen LogP contribution in [0, 0.1) is 6.92 Å². The molecule has 3 aliphatic rings. The summed E-state index contributed by atoms with van der Waals surface area (Å²) in [5.74, 6) is 0.243. The summed E-state index contributed by atoms with van der Waals surface area (Å²) in [5, 5.41) is 4.00. The van der Waals surface area contributed by atoms with Gasteiger partial charge in [-0.25, -0.2) is 0 Å². The third-order valence-electron chi connectivity index (χ3n) is 9.35. The minimum atomic E-state index is -3.37. The van der Waals surface area contributed by atoms with Gasteiger partial charge in [0.05, 0.1) is 0 Å². The third kappa shape index (κ3) is 5.35. The average molecular weight is 523 g/mol. The van der Waals surface area contributed by atoms with E-state index in [1.165, 1.54) is 44.9 Å². The molecule has 0 bridgehead atoms. The summed E-state index contributed by atoms with van der Waals surface area (Å²) < 4.78 is 41.7. The van der Waals surface area contributed by atoms with Crippen LogP contribution in [0.5, 0.6) is 5.75 Å². The lowest BCUT2D eigenvalue weighted by Crippen LogP contribution is -2.72. The second kappa shape index (κ2) is 10.5. The molecular weight excluding hydrogens is 474 g/mol. The van der Waals surface area contributed by atoms with Crippen molar-refractivity contribution in [3.05, 3.63) is 23.8 Å². The van der Waals surface area contributed by atoms with E-state index < -0.39 is 21.0 Å². The zero-order valence-electron chi connectivity index (χ0n) is 23.5. The molecule has 1 saturated heterocycles. The van der Waals surface area contributed by atoms with Crippen molar-refractivity contribution in [2.24, 2.45) is 0 Å². The molecule has 3 fully saturated rings. The molecule has 0 amide bonds. The molecule has 1 N–H and O–H groups in total. The molecule has 2 saturated carbocycles. The Labute approximate surface area is 218 Å². The van der Waals surface area contributed by atoms with Crippen LogP contribution >= 0.6 is 0 Å². The first-order valence-corrected chi connectivity index (χ1v) is 16.4. The van der Waals surface area contributed by atoms with Crippen molar-refractivity contribution in [3.8, 4) is 5.75 Å². The highest BCUT2D eigenvalue weighted by molar-refractivity contribution is 6.77. The molecule has 0 unspecified atom stereocenters. The maximum absolute atomic E-state index is 15.1. The largest absolute Gasteiger partial charge is 0.431 e. The lowest BCUT2D eigenvalue weighted by molar-refractivity contribution is -0.198. The van der Waals surface area contributed by atoms with Gasteiger partial charge in [0.15, 0.2) is 0 Å². The Morgan fingerprint density at radius 2 is 1.67 bits per heavy atom. The van der Waals surface area contributed by atoms with Crippen LogP contribution in [0.4, 0.5) is 14.5 Å². The fraction of sp³-hybridized carbons (Fsp3) is 0.793. The van der Waals surface area contributed by atoms with Crippen LogP contribution in [0.25, 0.3) is 0 Å². The quantitative estimate of drug-likeness (QED) is 0.336. The zero-order valence-corrected chi connectivity index (χ0v) is 24.5. The average Bonchev–Trinajstić information content (AvgIpc) is 2.78. The second-order valence-electron chi connectivity index (χ2n) is 12.7. The van der Waals surface area contributed by atoms with Gasteiger partial charge in [0.1, 0.15) is 12.4 Å². The molecule has 0 radical (unpaired) electrons. The molecule has 1 spiro atoms. The van der Waals surface area contributed by atoms with Crippen molar-refractivity contribution in [2.45, 2.75) is 134 Å². The molecule has 2 atom stereocenters. The van der Waals surface area contributed by atoms with Gasteiger partial charge in [-0.05, 0) is 79.4 Å². The van der Waals surface area contributed by atoms with E-state index in [2.05, 4.69) is 51.8 Å². The van der Waals surface area contributed by atoms with Crippen molar-refractivity contribution in [1.82, 2.24) is 5.32 Å². The number of rotatable bonds is 9. The summed E-state index contributed by atoms with van der Waals surface area (Å²) in [6, 6.07) is 6.78. The van der Waals surface area contributed by atoms with Crippen LogP contribution < -0.4 is 15.0 Å². The molecule has 1 aromatic rings. The summed E-state index contributed by atoms with van der Waals surface area (Å²) in [7, 11) is -2.40. The number of fused-ring (bicyclic) bond motifs is 1. The van der Waals surface area contributed by atoms with Gasteiger partial charge in [0, 0.05) is 29.9 Å². The van der Waals surface area contributed by atoms with Crippen molar-refractivity contribution < 1.29 is 17.9 Å². The molecule has 4 rings (SSSR count). The molecule has 1 aromatic carbocycles. The van der Waals surface area contributed by atoms with Crippen LogP contribution in [0.1, 0.15) is 92.1 Å². The minimum absolute atomic E-state index is 0.228. The van der Waals surface area contributed by atoms with E-state index in [1.807, 2.05) is 19.1 Å². The Hall–Kier alpha value is -1.18. The predicted molar refractivity (Wildman–Crippen MR) is 147 cm³/mol. The van der Waals surface area contributed by atoms with E-state index >= 15 is 8.78 Å². The van der Waals surface area contributed by atoms with E-state index in [1.54, 1.807) is 6.07 Å². The highest BCUT2D eigenvalue weighted by atomic mass is 28.4. The standard InChI is InChI=1S/C29H48F2N2O2Si/c1-20(2)36(21(3)4,22(5)6)34-19-29(30,31)35-27-14-13-24(17-23(27)7)33-18-28(15-10-16-28)32-25-11-8-9-12-26(25)33/h13-14,17,20-22,25-26,32H,8-12,15-16,18-19H2,1-7H3/t25-,26-/m0/s1. The Morgan fingerprint density at radius 3 is 2.22 bits per heavy atom. The number of anilines is 1. The Bertz CT molecular complexity index is 881. The van der Waals surface area contributed by atoms with Gasteiger partial charge < -0.3 is 19.4 Å². The van der Waals surface area contributed by atoms with Crippen LogP contribution in [0.3, 0.4) is 0 Å². The summed E-state index contributed by atoms with van der Waals surface area (Å²) >= 11 is 0. The number of hydrogen-bond acceptors (Lipinski definition) is 4. The van der Waals surface area contributed by atoms with Crippen LogP contribution in [0.15, 0.2) is 18.2 Å². The number of nitrogens with one attached hydrogen (secondary N) is 1. The Kier molecular flexibility index (Phi) is 8.14. The monoisotopic (exact) mass is 522 g/mol. The molecule has 1 heterocycles. The smallest absolute Gasteiger partial charge is 0.420 e. The summed E-state index contributed by atoms with van der Waals surface area (Å²) in [5.41, 5.74) is 2.85. The van der Waals surface area contributed by atoms with E-state index in [0.29, 0.717) is 12.1 Å². The number of hydrogen-bond donors (Lipinski definition) is 1. The van der Waals surface area contributed by atoms with Crippen LogP contribution in [-0.2, 0) is 4.43 Å². The summed E-state index contributed by atoms with van der Waals surface area (Å²) in [6.07, 6.45) is 5.33. The molecular formula is C29H48F2N2O2Si. The number of aryl methyl sites for hydroxylation is 1. The highest BCUT2D eigenvalue weighted by Gasteiger charge is 2.49. The van der Waals surface area contributed by atoms with Gasteiger partial charge in [0.25, 0.3) is 0 Å². The van der Waals surface area contributed by atoms with E-state index in [9.17, 15) is 0 Å². The van der Waals surface area contributed by atoms with Gasteiger partial charge in [-0.15, -0.1) is 0 Å². The van der Waals surface area contributed by atoms with Gasteiger partial charge >= 0.3 is 6.11 Å². The predicted octanol–water partition coefficient (Wildman–Crippen LogP) is 7.80. The number of alkyl halides is 2. The van der Waals surface area contributed by atoms with Crippen LogP contribution in [-0.4, -0.2) is 45.2 Å². The van der Waals surface area contributed by atoms with Gasteiger partial charge in [0.2, 0.25) is 8.32 Å². The maximum Gasteiger partial charge on any atom is 0.420 e. The van der Waals surface area contributed by atoms with Crippen molar-refractivity contribution in [2.75, 3.05) is 18.1 Å². The summed E-state index contributed by atoms with van der Waals surface area (Å²) in [4.78, 5) is 2.56. The zero-order chi connectivity index (χ0) is 26.3. The number of nitrogens with zero attached hydrogens (tertiary/aromatic N) is 1. The molecule has 1 aliphatic heterocycles. The van der Waals surface area contributed by atoms with E-state index in [-0.39, 0.29) is 27.9 Å². The molecule has 36 heavy (non-hydrogen) atoms. The number of halogens is 2. The molecule has 2 aliphatic carbocycles. The first-order chi connectivity index (χ1) is 16.9. The number of benzene rings is 1. The van der Waals surface area contributed by atoms with Crippen molar-refractivity contribution in [1.29, 1.82) is 0 Å². The molecule has 4 nitrogen and oxygen atoms in total. The fourth-order valence-corrected chi connectivity index (χ4v) is 13.0. The fourth-order valence-electron chi connectivity index (χ4n) is 7.55. The van der Waals surface area contributed by atoms with Gasteiger partial charge in [-0.1, -0.05) is 54.4 Å². The van der Waals surface area contributed by atoms with Gasteiger partial charge in [-0.2, -0.15) is 8.78 Å². The summed E-state index contributed by atoms with van der Waals surface area (Å²) in [6.45, 7) is 14.8. The normalized spacial score (nSPS) is 24.4. The molecule has 0 aromatic heterocycles. The number of piperazine rings is 1. The molecule has 204 valence electrons. The minimum Gasteiger partial charge on any atom is -0.431 e. The first kappa shape index (κ1) is 27.8. The van der Waals surface area contributed by atoms with E-state index in [4.69, 9.17) is 9.16 Å². The Balaban J connectivity index is 1.48. The van der Waals surface area contributed by atoms with Crippen molar-refractivity contribution >= 4 is 14.0 Å². The van der Waals surface area contributed by atoms with Crippen LogP contribution in [0.2, 0.25) is 16.6 Å². The third-order valence-corrected chi connectivity index (χ3v) is 15.4. The lowest BCUT2D eigenvalue weighted by Gasteiger charge is -2.58. The second-order valence-corrected chi connectivity index (χ2v) is 18.1. The topological polar surface area (TPSA) is 33.7 Å². The lowest BCUT2D eigenvalue weighted by atomic mass is 9.71. The highest BCUT2D eigenvalue weighted by Crippen LogP contribution is 2.44. The SMILES string of the molecule is Cc1cc(N2CC3(CCC3)N[C@H]3CCCC[C@@H]32)ccc1OC(F)(F)CO[Si](C(C)C)(C(C)C)C(C)C. The first-order valence-electron chi connectivity index (χ1n) is 14.2. The van der Waals surface area contributed by atoms with Gasteiger partial charge in [-0.3, -0.25) is 0 Å². The van der Waals surface area contributed by atoms with E-state index in [0.717, 1.165) is 17.8 Å². The Morgan fingerprint density at radius 1 is 1.03 bits per heavy atom.